The number of amides is 2. The Labute approximate surface area is 160 Å². The third kappa shape index (κ3) is 4.20. The number of halogens is 2. The molecule has 0 saturated carbocycles. The van der Waals surface area contributed by atoms with Crippen LogP contribution in [0.15, 0.2) is 54.7 Å². The maximum atomic E-state index is 13.3. The number of nitrogens with zero attached hydrogens (tertiary/aromatic N) is 1. The molecular formula is C21H17F2N3O2. The summed E-state index contributed by atoms with van der Waals surface area (Å²) >= 11 is 0. The van der Waals surface area contributed by atoms with Crippen LogP contribution in [-0.4, -0.2) is 16.8 Å². The highest BCUT2D eigenvalue weighted by molar-refractivity contribution is 6.08. The summed E-state index contributed by atoms with van der Waals surface area (Å²) in [4.78, 5) is 28.8. The zero-order chi connectivity index (χ0) is 20.3. The van der Waals surface area contributed by atoms with E-state index in [9.17, 15) is 18.4 Å². The predicted molar refractivity (Wildman–Crippen MR) is 102 cm³/mol. The van der Waals surface area contributed by atoms with Crippen molar-refractivity contribution in [1.82, 2.24) is 4.98 Å². The summed E-state index contributed by atoms with van der Waals surface area (Å²) in [6, 6.07) is 11.4. The second-order valence-corrected chi connectivity index (χ2v) is 6.21. The first kappa shape index (κ1) is 19.2. The SMILES string of the molecule is Cc1cccc(NC(=O)c2ccnc(C(=O)Nc3ccc(F)c(F)c3)c2)c1C. The Bertz CT molecular complexity index is 1070. The van der Waals surface area contributed by atoms with Gasteiger partial charge in [-0.25, -0.2) is 8.78 Å². The van der Waals surface area contributed by atoms with Gasteiger partial charge in [0.2, 0.25) is 0 Å². The second-order valence-electron chi connectivity index (χ2n) is 6.21. The van der Waals surface area contributed by atoms with E-state index in [1.54, 1.807) is 6.07 Å². The van der Waals surface area contributed by atoms with Gasteiger partial charge in [0, 0.05) is 29.2 Å². The normalized spacial score (nSPS) is 10.4. The van der Waals surface area contributed by atoms with Crippen LogP contribution in [0.5, 0.6) is 0 Å². The van der Waals surface area contributed by atoms with Crippen molar-refractivity contribution >= 4 is 23.2 Å². The predicted octanol–water partition coefficient (Wildman–Crippen LogP) is 4.48. The molecule has 1 aromatic heterocycles. The van der Waals surface area contributed by atoms with Gasteiger partial charge in [0.25, 0.3) is 11.8 Å². The fourth-order valence-corrected chi connectivity index (χ4v) is 2.55. The molecule has 0 aliphatic heterocycles. The number of pyridine rings is 1. The van der Waals surface area contributed by atoms with Gasteiger partial charge in [-0.3, -0.25) is 14.6 Å². The van der Waals surface area contributed by atoms with Crippen molar-refractivity contribution in [3.05, 3.63) is 88.7 Å². The minimum absolute atomic E-state index is 0.0293. The first-order valence-corrected chi connectivity index (χ1v) is 8.45. The number of benzene rings is 2. The molecule has 0 saturated heterocycles. The number of nitrogens with one attached hydrogen (secondary N) is 2. The van der Waals surface area contributed by atoms with Gasteiger partial charge < -0.3 is 10.6 Å². The number of aromatic nitrogens is 1. The molecule has 0 spiro atoms. The number of carbonyl (C=O) groups is 2. The summed E-state index contributed by atoms with van der Waals surface area (Å²) in [5.41, 5.74) is 2.95. The Morgan fingerprint density at radius 2 is 1.68 bits per heavy atom. The molecule has 0 aliphatic carbocycles. The van der Waals surface area contributed by atoms with Crippen molar-refractivity contribution in [2.75, 3.05) is 10.6 Å². The van der Waals surface area contributed by atoms with E-state index < -0.39 is 23.4 Å². The van der Waals surface area contributed by atoms with Crippen LogP contribution in [0.4, 0.5) is 20.2 Å². The third-order valence-corrected chi connectivity index (χ3v) is 4.29. The molecule has 142 valence electrons. The highest BCUT2D eigenvalue weighted by Crippen LogP contribution is 2.19. The van der Waals surface area contributed by atoms with Crippen molar-refractivity contribution in [2.45, 2.75) is 13.8 Å². The zero-order valence-corrected chi connectivity index (χ0v) is 15.2. The average molecular weight is 381 g/mol. The number of hydrogen-bond acceptors (Lipinski definition) is 3. The van der Waals surface area contributed by atoms with E-state index in [0.29, 0.717) is 5.69 Å². The topological polar surface area (TPSA) is 71.1 Å². The van der Waals surface area contributed by atoms with Crippen LogP contribution in [0.2, 0.25) is 0 Å². The van der Waals surface area contributed by atoms with Crippen molar-refractivity contribution in [1.29, 1.82) is 0 Å². The minimum atomic E-state index is -1.08. The minimum Gasteiger partial charge on any atom is -0.322 e. The maximum Gasteiger partial charge on any atom is 0.274 e. The lowest BCUT2D eigenvalue weighted by molar-refractivity contribution is 0.102. The zero-order valence-electron chi connectivity index (χ0n) is 15.2. The summed E-state index contributed by atoms with van der Waals surface area (Å²) in [7, 11) is 0. The Morgan fingerprint density at radius 3 is 2.43 bits per heavy atom. The Morgan fingerprint density at radius 1 is 0.893 bits per heavy atom. The Hall–Kier alpha value is -3.61. The molecule has 5 nitrogen and oxygen atoms in total. The average Bonchev–Trinajstić information content (AvgIpc) is 2.68. The molecule has 2 amide bonds. The summed E-state index contributed by atoms with van der Waals surface area (Å²) in [5, 5.41) is 5.23. The lowest BCUT2D eigenvalue weighted by Gasteiger charge is -2.11. The first-order chi connectivity index (χ1) is 13.3. The molecule has 0 aliphatic rings. The van der Waals surface area contributed by atoms with Gasteiger partial charge in [-0.1, -0.05) is 12.1 Å². The molecule has 0 bridgehead atoms. The van der Waals surface area contributed by atoms with E-state index in [2.05, 4.69) is 15.6 Å². The van der Waals surface area contributed by atoms with Gasteiger partial charge in [0.05, 0.1) is 0 Å². The molecule has 0 unspecified atom stereocenters. The monoisotopic (exact) mass is 381 g/mol. The molecule has 0 fully saturated rings. The fraction of sp³-hybridized carbons (Fsp3) is 0.0952. The molecule has 2 aromatic carbocycles. The van der Waals surface area contributed by atoms with Crippen molar-refractivity contribution in [2.24, 2.45) is 0 Å². The van der Waals surface area contributed by atoms with Gasteiger partial charge in [-0.05, 0) is 55.3 Å². The second kappa shape index (κ2) is 7.96. The van der Waals surface area contributed by atoms with Crippen molar-refractivity contribution in [3.63, 3.8) is 0 Å². The molecule has 0 radical (unpaired) electrons. The molecule has 7 heteroatoms. The Kier molecular flexibility index (Phi) is 5.44. The number of rotatable bonds is 4. The van der Waals surface area contributed by atoms with Gasteiger partial charge in [0.15, 0.2) is 11.6 Å². The lowest BCUT2D eigenvalue weighted by atomic mass is 10.1. The summed E-state index contributed by atoms with van der Waals surface area (Å²) in [6.07, 6.45) is 1.33. The van der Waals surface area contributed by atoms with Crippen LogP contribution in [-0.2, 0) is 0 Å². The van der Waals surface area contributed by atoms with Crippen molar-refractivity contribution < 1.29 is 18.4 Å². The molecule has 0 atom stereocenters. The van der Waals surface area contributed by atoms with Crippen LogP contribution in [0.3, 0.4) is 0 Å². The maximum absolute atomic E-state index is 13.3. The standard InChI is InChI=1S/C21H17F2N3O2/c1-12-4-3-5-18(13(12)2)26-20(27)14-8-9-24-19(10-14)21(28)25-15-6-7-16(22)17(23)11-15/h3-11H,1-2H3,(H,25,28)(H,26,27). The highest BCUT2D eigenvalue weighted by atomic mass is 19.2. The number of anilines is 2. The van der Waals surface area contributed by atoms with Crippen LogP contribution >= 0.6 is 0 Å². The largest absolute Gasteiger partial charge is 0.322 e. The van der Waals surface area contributed by atoms with Crippen LogP contribution in [0.25, 0.3) is 0 Å². The van der Waals surface area contributed by atoms with Gasteiger partial charge >= 0.3 is 0 Å². The number of carbonyl (C=O) groups excluding carboxylic acids is 2. The molecule has 1 heterocycles. The fourth-order valence-electron chi connectivity index (χ4n) is 2.55. The van der Waals surface area contributed by atoms with Crippen molar-refractivity contribution in [3.8, 4) is 0 Å². The number of aryl methyl sites for hydroxylation is 1. The van der Waals surface area contributed by atoms with E-state index in [1.807, 2.05) is 26.0 Å². The van der Waals surface area contributed by atoms with E-state index in [4.69, 9.17) is 0 Å². The van der Waals surface area contributed by atoms with Gasteiger partial charge in [0.1, 0.15) is 5.69 Å². The Balaban J connectivity index is 1.77. The molecular weight excluding hydrogens is 364 g/mol. The first-order valence-electron chi connectivity index (χ1n) is 8.45. The van der Waals surface area contributed by atoms with Crippen LogP contribution in [0.1, 0.15) is 32.0 Å². The van der Waals surface area contributed by atoms with E-state index in [-0.39, 0.29) is 16.9 Å². The van der Waals surface area contributed by atoms with E-state index in [1.165, 1.54) is 24.4 Å². The van der Waals surface area contributed by atoms with Crippen LogP contribution in [0, 0.1) is 25.5 Å². The molecule has 3 aromatic rings. The lowest BCUT2D eigenvalue weighted by Crippen LogP contribution is -2.17. The van der Waals surface area contributed by atoms with Gasteiger partial charge in [-0.15, -0.1) is 0 Å². The molecule has 3 rings (SSSR count). The molecule has 28 heavy (non-hydrogen) atoms. The smallest absolute Gasteiger partial charge is 0.274 e. The van der Waals surface area contributed by atoms with Crippen LogP contribution < -0.4 is 10.6 Å². The highest BCUT2D eigenvalue weighted by Gasteiger charge is 2.14. The summed E-state index contributed by atoms with van der Waals surface area (Å²) < 4.78 is 26.3. The van der Waals surface area contributed by atoms with E-state index >= 15 is 0 Å². The van der Waals surface area contributed by atoms with Gasteiger partial charge in [-0.2, -0.15) is 0 Å². The summed E-state index contributed by atoms with van der Waals surface area (Å²) in [6.45, 7) is 3.84. The third-order valence-electron chi connectivity index (χ3n) is 4.29. The number of hydrogen-bond donors (Lipinski definition) is 2. The quantitative estimate of drug-likeness (QED) is 0.700. The van der Waals surface area contributed by atoms with E-state index in [0.717, 1.165) is 23.3 Å². The molecule has 2 N–H and O–H groups in total. The summed E-state index contributed by atoms with van der Waals surface area (Å²) in [5.74, 6) is -3.13.